The number of sulfone groups is 1. The minimum absolute atomic E-state index is 0.00726. The predicted molar refractivity (Wildman–Crippen MR) is 134 cm³/mol. The number of halogens is 4. The number of imidazole rings is 1. The molecule has 0 aliphatic carbocycles. The monoisotopic (exact) mass is 572 g/mol. The molecule has 0 atom stereocenters. The summed E-state index contributed by atoms with van der Waals surface area (Å²) in [6.07, 6.45) is -1.43. The second-order valence-electron chi connectivity index (χ2n) is 10.3. The first-order chi connectivity index (χ1) is 17.9. The first-order valence-corrected chi connectivity index (χ1v) is 13.9. The highest BCUT2D eigenvalue weighted by Crippen LogP contribution is 2.35. The van der Waals surface area contributed by atoms with Crippen LogP contribution in [-0.4, -0.2) is 58.5 Å². The number of fused-ring (bicyclic) bond motifs is 1. The van der Waals surface area contributed by atoms with Gasteiger partial charge in [0, 0.05) is 17.3 Å². The van der Waals surface area contributed by atoms with E-state index < -0.39 is 39.7 Å². The second-order valence-corrected chi connectivity index (χ2v) is 12.6. The molecule has 1 aliphatic heterocycles. The third-order valence-corrected chi connectivity index (χ3v) is 8.15. The fourth-order valence-corrected chi connectivity index (χ4v) is 5.80. The van der Waals surface area contributed by atoms with E-state index in [-0.39, 0.29) is 53.0 Å². The molecule has 1 fully saturated rings. The summed E-state index contributed by atoms with van der Waals surface area (Å²) in [6, 6.07) is 4.14. The molecule has 9 nitrogen and oxygen atoms in total. The lowest BCUT2D eigenvalue weighted by molar-refractivity contribution is -0.153. The molecule has 39 heavy (non-hydrogen) atoms. The highest BCUT2D eigenvalue weighted by Gasteiger charge is 2.35. The van der Waals surface area contributed by atoms with Gasteiger partial charge in [-0.15, -0.1) is 0 Å². The van der Waals surface area contributed by atoms with Crippen LogP contribution in [0.15, 0.2) is 30.6 Å². The van der Waals surface area contributed by atoms with Crippen LogP contribution >= 0.6 is 0 Å². The number of nitrogens with zero attached hydrogens (tertiary/aromatic N) is 3. The number of alkyl halides is 4. The SMILES string of the molecule is Cc1c(C(=O)NC2(C)CCS(=O)(=O)CC2)nc2ccc(Oc3ncc(C(C)(C)F)cc3OCC(F)(F)F)cn12. The van der Waals surface area contributed by atoms with Crippen LogP contribution in [0.2, 0.25) is 0 Å². The standard InChI is InChI=1S/C25H28F4N4O5S/c1-15-20(21(34)32-24(4)7-9-39(35,36)10-8-24)31-19-6-5-17(13-33(15)19)38-22-18(37-14-25(27,28)29)11-16(12-30-22)23(2,3)26/h5-6,11-13H,7-10,14H2,1-4H3,(H,32,34). The van der Waals surface area contributed by atoms with Crippen LogP contribution in [0.4, 0.5) is 17.6 Å². The molecule has 1 aliphatic rings. The van der Waals surface area contributed by atoms with Gasteiger partial charge in [-0.3, -0.25) is 9.20 Å². The number of pyridine rings is 2. The van der Waals surface area contributed by atoms with Crippen LogP contribution in [0.5, 0.6) is 17.4 Å². The lowest BCUT2D eigenvalue weighted by Crippen LogP contribution is -2.51. The van der Waals surface area contributed by atoms with Crippen molar-refractivity contribution in [3.8, 4) is 17.4 Å². The maximum absolute atomic E-state index is 14.4. The van der Waals surface area contributed by atoms with Gasteiger partial charge in [0.25, 0.3) is 11.8 Å². The fourth-order valence-electron chi connectivity index (χ4n) is 4.07. The summed E-state index contributed by atoms with van der Waals surface area (Å²) in [5.74, 6) is -1.03. The van der Waals surface area contributed by atoms with E-state index in [9.17, 15) is 30.8 Å². The van der Waals surface area contributed by atoms with Gasteiger partial charge >= 0.3 is 6.18 Å². The van der Waals surface area contributed by atoms with E-state index in [0.29, 0.717) is 11.3 Å². The molecule has 1 saturated heterocycles. The highest BCUT2D eigenvalue weighted by molar-refractivity contribution is 7.91. The van der Waals surface area contributed by atoms with Crippen LogP contribution in [0.1, 0.15) is 55.4 Å². The van der Waals surface area contributed by atoms with Gasteiger partial charge in [-0.1, -0.05) is 0 Å². The van der Waals surface area contributed by atoms with Crippen molar-refractivity contribution in [2.75, 3.05) is 18.1 Å². The van der Waals surface area contributed by atoms with Gasteiger partial charge in [-0.2, -0.15) is 13.2 Å². The topological polar surface area (TPSA) is 112 Å². The summed E-state index contributed by atoms with van der Waals surface area (Å²) in [5.41, 5.74) is -1.59. The molecule has 0 radical (unpaired) electrons. The number of rotatable bonds is 7. The molecule has 4 heterocycles. The zero-order valence-electron chi connectivity index (χ0n) is 21.7. The Bertz CT molecular complexity index is 1500. The molecule has 3 aromatic heterocycles. The van der Waals surface area contributed by atoms with Gasteiger partial charge in [-0.05, 0) is 58.7 Å². The second kappa shape index (κ2) is 9.96. The van der Waals surface area contributed by atoms with Gasteiger partial charge in [0.1, 0.15) is 32.6 Å². The molecule has 212 valence electrons. The average Bonchev–Trinajstić information content (AvgIpc) is 3.15. The molecule has 1 N–H and O–H groups in total. The first-order valence-electron chi connectivity index (χ1n) is 12.0. The van der Waals surface area contributed by atoms with Crippen molar-refractivity contribution in [2.45, 2.75) is 57.9 Å². The minimum atomic E-state index is -4.63. The molecule has 0 aromatic carbocycles. The largest absolute Gasteiger partial charge is 0.478 e. The Morgan fingerprint density at radius 2 is 1.85 bits per heavy atom. The van der Waals surface area contributed by atoms with Gasteiger partial charge < -0.3 is 14.8 Å². The molecule has 0 bridgehead atoms. The summed E-state index contributed by atoms with van der Waals surface area (Å²) < 4.78 is 88.5. The third-order valence-electron chi connectivity index (χ3n) is 6.50. The highest BCUT2D eigenvalue weighted by atomic mass is 32.2. The zero-order chi connectivity index (χ0) is 28.8. The van der Waals surface area contributed by atoms with Crippen molar-refractivity contribution in [1.29, 1.82) is 0 Å². The van der Waals surface area contributed by atoms with Crippen LogP contribution in [0.25, 0.3) is 5.65 Å². The number of nitrogens with one attached hydrogen (secondary N) is 1. The van der Waals surface area contributed by atoms with E-state index in [0.717, 1.165) is 12.3 Å². The Balaban J connectivity index is 1.59. The van der Waals surface area contributed by atoms with E-state index in [1.807, 2.05) is 0 Å². The number of ether oxygens (including phenoxy) is 2. The van der Waals surface area contributed by atoms with Gasteiger partial charge in [0.05, 0.1) is 23.4 Å². The summed E-state index contributed by atoms with van der Waals surface area (Å²) in [5, 5.41) is 2.90. The van der Waals surface area contributed by atoms with Gasteiger partial charge in [0.15, 0.2) is 12.4 Å². The van der Waals surface area contributed by atoms with Gasteiger partial charge in [0.2, 0.25) is 0 Å². The number of hydrogen-bond donors (Lipinski definition) is 1. The normalized spacial score (nSPS) is 17.1. The molecule has 0 saturated carbocycles. The van der Waals surface area contributed by atoms with Crippen LogP contribution in [-0.2, 0) is 15.5 Å². The zero-order valence-corrected chi connectivity index (χ0v) is 22.5. The predicted octanol–water partition coefficient (Wildman–Crippen LogP) is 4.67. The van der Waals surface area contributed by atoms with Crippen LogP contribution in [0, 0.1) is 6.92 Å². The Morgan fingerprint density at radius 1 is 1.18 bits per heavy atom. The molecular formula is C25H28F4N4O5S. The Morgan fingerprint density at radius 3 is 2.46 bits per heavy atom. The van der Waals surface area contributed by atoms with Gasteiger partial charge in [-0.25, -0.2) is 22.8 Å². The van der Waals surface area contributed by atoms with E-state index in [4.69, 9.17) is 9.47 Å². The smallest absolute Gasteiger partial charge is 0.422 e. The third kappa shape index (κ3) is 6.78. The molecule has 14 heteroatoms. The van der Waals surface area contributed by atoms with Crippen molar-refractivity contribution in [3.63, 3.8) is 0 Å². The van der Waals surface area contributed by atoms with E-state index in [2.05, 4.69) is 15.3 Å². The molecule has 1 amide bonds. The summed E-state index contributed by atoms with van der Waals surface area (Å²) in [6.45, 7) is 4.29. The number of aromatic nitrogens is 3. The van der Waals surface area contributed by atoms with Crippen molar-refractivity contribution in [3.05, 3.63) is 47.5 Å². The van der Waals surface area contributed by atoms with Crippen molar-refractivity contribution in [2.24, 2.45) is 0 Å². The maximum Gasteiger partial charge on any atom is 0.422 e. The first kappa shape index (κ1) is 28.6. The number of carbonyl (C=O) groups is 1. The number of carbonyl (C=O) groups excluding carboxylic acids is 1. The van der Waals surface area contributed by atoms with E-state index in [1.165, 1.54) is 26.1 Å². The molecule has 4 rings (SSSR count). The molecular weight excluding hydrogens is 544 g/mol. The summed E-state index contributed by atoms with van der Waals surface area (Å²) in [7, 11) is -3.11. The Kier molecular flexibility index (Phi) is 7.30. The minimum Gasteiger partial charge on any atom is -0.478 e. The quantitative estimate of drug-likeness (QED) is 0.410. The molecule has 0 unspecified atom stereocenters. The lowest BCUT2D eigenvalue weighted by Gasteiger charge is -2.34. The number of amides is 1. The summed E-state index contributed by atoms with van der Waals surface area (Å²) >= 11 is 0. The number of hydrogen-bond acceptors (Lipinski definition) is 7. The maximum atomic E-state index is 14.4. The Labute approximate surface area is 222 Å². The summed E-state index contributed by atoms with van der Waals surface area (Å²) in [4.78, 5) is 21.4. The average molecular weight is 573 g/mol. The number of aryl methyl sites for hydroxylation is 1. The van der Waals surface area contributed by atoms with Crippen molar-refractivity contribution in [1.82, 2.24) is 19.7 Å². The lowest BCUT2D eigenvalue weighted by atomic mass is 9.94. The van der Waals surface area contributed by atoms with Crippen LogP contribution < -0.4 is 14.8 Å². The fraction of sp³-hybridized carbons (Fsp3) is 0.480. The Hall–Kier alpha value is -3.42. The van der Waals surface area contributed by atoms with Crippen LogP contribution in [0.3, 0.4) is 0 Å². The van der Waals surface area contributed by atoms with E-state index in [1.54, 1.807) is 24.3 Å². The molecule has 3 aromatic rings. The van der Waals surface area contributed by atoms with E-state index >= 15 is 0 Å². The van der Waals surface area contributed by atoms with Crippen molar-refractivity contribution < 1.29 is 40.2 Å². The van der Waals surface area contributed by atoms with Crippen molar-refractivity contribution >= 4 is 21.4 Å². The molecule has 0 spiro atoms.